The van der Waals surface area contributed by atoms with E-state index in [9.17, 15) is 0 Å². The van der Waals surface area contributed by atoms with Crippen LogP contribution < -0.4 is 9.30 Å². The predicted molar refractivity (Wildman–Crippen MR) is 317 cm³/mol. The Labute approximate surface area is 473 Å². The summed E-state index contributed by atoms with van der Waals surface area (Å²) in [4.78, 5) is 5.03. The second kappa shape index (κ2) is 20.7. The minimum atomic E-state index is -0.0842. The largest absolute Gasteiger partial charge is 0.510 e. The first kappa shape index (κ1) is 52.0. The number of pyridine rings is 1. The molecule has 0 aliphatic heterocycles. The van der Waals surface area contributed by atoms with Crippen LogP contribution in [0.1, 0.15) is 77.6 Å². The van der Waals surface area contributed by atoms with Crippen LogP contribution in [0.5, 0.6) is 11.5 Å². The summed E-state index contributed by atoms with van der Waals surface area (Å²) < 4.78 is 13.4. The van der Waals surface area contributed by atoms with Crippen molar-refractivity contribution in [1.82, 2.24) is 14.1 Å². The first-order valence-electron chi connectivity index (χ1n) is 26.7. The average Bonchev–Trinajstić information content (AvgIpc) is 4.10. The van der Waals surface area contributed by atoms with Crippen molar-refractivity contribution in [1.29, 1.82) is 0 Å². The van der Waals surface area contributed by atoms with Gasteiger partial charge >= 0.3 is 0 Å². The van der Waals surface area contributed by atoms with Gasteiger partial charge in [0.2, 0.25) is 0 Å². The van der Waals surface area contributed by atoms with E-state index in [1.807, 2.05) is 24.4 Å². The zero-order chi connectivity index (χ0) is 53.1. The number of benzene rings is 9. The van der Waals surface area contributed by atoms with Gasteiger partial charge in [0.05, 0.1) is 16.7 Å². The van der Waals surface area contributed by atoms with Crippen LogP contribution in [0.2, 0.25) is 0 Å². The van der Waals surface area contributed by atoms with Gasteiger partial charge in [0.25, 0.3) is 6.33 Å². The molecule has 0 saturated carbocycles. The van der Waals surface area contributed by atoms with Gasteiger partial charge in [0.15, 0.2) is 0 Å². The van der Waals surface area contributed by atoms with Crippen molar-refractivity contribution in [2.24, 2.45) is 0 Å². The number of hydrogen-bond acceptors (Lipinski definition) is 2. The maximum atomic E-state index is 6.82. The number of hydrogen-bond donors (Lipinski definition) is 0. The molecule has 0 N–H and O–H groups in total. The summed E-state index contributed by atoms with van der Waals surface area (Å²) in [6.45, 7) is 18.4. The van der Waals surface area contributed by atoms with Crippen molar-refractivity contribution < 1.29 is 30.4 Å². The molecule has 78 heavy (non-hydrogen) atoms. The van der Waals surface area contributed by atoms with Crippen molar-refractivity contribution >= 4 is 32.8 Å². The number of imidazole rings is 1. The Bertz CT molecular complexity index is 4110. The van der Waals surface area contributed by atoms with Crippen molar-refractivity contribution in [3.05, 3.63) is 259 Å². The number of ether oxygens (including phenoxy) is 1. The van der Waals surface area contributed by atoms with Crippen LogP contribution in [0.4, 0.5) is 0 Å². The second-order valence-corrected chi connectivity index (χ2v) is 23.1. The van der Waals surface area contributed by atoms with Crippen molar-refractivity contribution in [2.75, 3.05) is 0 Å². The van der Waals surface area contributed by atoms with E-state index in [0.29, 0.717) is 11.5 Å². The van der Waals surface area contributed by atoms with Gasteiger partial charge in [-0.05, 0) is 108 Å². The molecule has 0 aliphatic rings. The standard InChI is InChI=1S/C72H62N4O.Pt/c1-70(2,3)55-41-53(42-56(44-55)71(4,5)6)61-31-21-30-60(51-24-14-10-15-25-51)69(61)75-48-74(65-32-18-19-33-66(65)75)57-28-20-29-58(45-57)77-59-35-36-62-63-43-52(50-22-12-9-13-23-50)34-37-64(63)76(67(62)46-59)68-40-49(38-39-73-68)47-72(7,8)54-26-16-11-17-27-54;/h9-44H,47H2,1-8H3;/q-2;. The minimum absolute atomic E-state index is 0. The average molecular weight is 1190 g/mol. The smallest absolute Gasteiger partial charge is 0.268 e. The SMILES string of the molecule is CC(C)(C)c1cc(-c2cccc(-c3ccccc3)c2-[n+]2[c-]n(-c3[c-]c(Oc4[c-]c5c(cc4)c4cc(-c6ccccc6)ccc4n5-c4cc(CC(C)(C)c5ccccc5)ccn4)ccc3)c3ccccc32)cc(C(C)(C)C)c1.[Pt]. The molecule has 0 radical (unpaired) electrons. The van der Waals surface area contributed by atoms with Crippen molar-refractivity contribution in [3.8, 4) is 62.1 Å². The molecule has 9 aromatic carbocycles. The second-order valence-electron chi connectivity index (χ2n) is 23.1. The third-order valence-corrected chi connectivity index (χ3v) is 15.1. The molecule has 0 bridgehead atoms. The minimum Gasteiger partial charge on any atom is -0.510 e. The predicted octanol–water partition coefficient (Wildman–Crippen LogP) is 17.7. The molecule has 0 unspecified atom stereocenters. The van der Waals surface area contributed by atoms with Gasteiger partial charge in [-0.25, -0.2) is 4.98 Å². The molecule has 3 heterocycles. The van der Waals surface area contributed by atoms with Crippen LogP contribution >= 0.6 is 0 Å². The molecule has 0 aliphatic carbocycles. The quantitative estimate of drug-likeness (QED) is 0.0956. The van der Waals surface area contributed by atoms with E-state index in [2.05, 4.69) is 282 Å². The fourth-order valence-corrected chi connectivity index (χ4v) is 10.9. The van der Waals surface area contributed by atoms with E-state index in [1.165, 1.54) is 27.8 Å². The first-order valence-corrected chi connectivity index (χ1v) is 26.7. The maximum Gasteiger partial charge on any atom is 0.268 e. The summed E-state index contributed by atoms with van der Waals surface area (Å²) in [5.74, 6) is 1.97. The molecule has 12 aromatic rings. The summed E-state index contributed by atoms with van der Waals surface area (Å²) in [5, 5.41) is 2.18. The molecule has 0 fully saturated rings. The van der Waals surface area contributed by atoms with Crippen LogP contribution in [0.3, 0.4) is 0 Å². The molecular weight excluding hydrogens is 1130 g/mol. The summed E-state index contributed by atoms with van der Waals surface area (Å²) >= 11 is 0. The van der Waals surface area contributed by atoms with E-state index in [4.69, 9.17) is 9.72 Å². The van der Waals surface area contributed by atoms with Crippen LogP contribution in [-0.4, -0.2) is 14.1 Å². The normalized spacial score (nSPS) is 12.1. The number of fused-ring (bicyclic) bond motifs is 4. The number of aromatic nitrogens is 4. The molecule has 0 spiro atoms. The third kappa shape index (κ3) is 10.0. The van der Waals surface area contributed by atoms with Gasteiger partial charge in [-0.15, -0.1) is 29.7 Å². The Morgan fingerprint density at radius 2 is 1.12 bits per heavy atom. The van der Waals surface area contributed by atoms with Gasteiger partial charge in [0, 0.05) is 44.3 Å². The molecule has 0 saturated heterocycles. The van der Waals surface area contributed by atoms with Crippen LogP contribution in [0.25, 0.3) is 83.4 Å². The molecule has 0 amide bonds. The topological polar surface area (TPSA) is 35.9 Å². The van der Waals surface area contributed by atoms with Gasteiger partial charge in [-0.3, -0.25) is 4.57 Å². The first-order chi connectivity index (χ1) is 37.2. The fourth-order valence-electron chi connectivity index (χ4n) is 10.9. The van der Waals surface area contributed by atoms with Crippen molar-refractivity contribution in [3.63, 3.8) is 0 Å². The van der Waals surface area contributed by atoms with E-state index < -0.39 is 0 Å². The number of para-hydroxylation sites is 3. The van der Waals surface area contributed by atoms with E-state index in [1.54, 1.807) is 0 Å². The Balaban J connectivity index is 0.00000645. The Kier molecular flexibility index (Phi) is 13.8. The van der Waals surface area contributed by atoms with Crippen LogP contribution in [0.15, 0.2) is 219 Å². The molecule has 5 nitrogen and oxygen atoms in total. The van der Waals surface area contributed by atoms with Gasteiger partial charge in [-0.2, -0.15) is 18.2 Å². The van der Waals surface area contributed by atoms with Gasteiger partial charge in [-0.1, -0.05) is 225 Å². The third-order valence-electron chi connectivity index (χ3n) is 15.1. The Hall–Kier alpha value is -8.11. The zero-order valence-electron chi connectivity index (χ0n) is 45.5. The van der Waals surface area contributed by atoms with Crippen LogP contribution in [0, 0.1) is 18.5 Å². The fraction of sp³-hybridized carbons (Fsp3) is 0.167. The molecular formula is C72H62N4OPt-2. The molecule has 12 rings (SSSR count). The van der Waals surface area contributed by atoms with E-state index >= 15 is 0 Å². The maximum absolute atomic E-state index is 6.82. The summed E-state index contributed by atoms with van der Waals surface area (Å²) in [6.07, 6.45) is 6.65. The summed E-state index contributed by atoms with van der Waals surface area (Å²) in [6, 6.07) is 83.0. The van der Waals surface area contributed by atoms with Crippen molar-refractivity contribution in [2.45, 2.75) is 78.1 Å². The number of rotatable bonds is 11. The molecule has 6 heteroatoms. The molecule has 3 aromatic heterocycles. The van der Waals surface area contributed by atoms with E-state index in [0.717, 1.165) is 84.3 Å². The summed E-state index contributed by atoms with van der Waals surface area (Å²) in [5.41, 5.74) is 17.6. The van der Waals surface area contributed by atoms with Gasteiger partial charge in [0.1, 0.15) is 5.82 Å². The Morgan fingerprint density at radius 1 is 0.487 bits per heavy atom. The monoisotopic (exact) mass is 1190 g/mol. The number of nitrogens with zero attached hydrogens (tertiary/aromatic N) is 4. The van der Waals surface area contributed by atoms with Gasteiger partial charge < -0.3 is 13.9 Å². The zero-order valence-corrected chi connectivity index (χ0v) is 47.8. The Morgan fingerprint density at radius 3 is 1.82 bits per heavy atom. The van der Waals surface area contributed by atoms with Crippen LogP contribution in [-0.2, 0) is 43.7 Å². The van der Waals surface area contributed by atoms with E-state index in [-0.39, 0.29) is 37.3 Å². The molecule has 388 valence electrons. The molecule has 0 atom stereocenters. The summed E-state index contributed by atoms with van der Waals surface area (Å²) in [7, 11) is 0.